The Bertz CT molecular complexity index is 966. The standard InChI is InChI=1S/C22H23N3O4S2/c1-2-10-23-21(27)18(24-20(26)16-6-4-3-5-7-16)15-17-8-9-19(29-17)31-22(30)25-11-13-28-14-12-25/h2-9,15H,1,10-14H2,(H,23,27)(H,24,26)/b18-15+. The highest BCUT2D eigenvalue weighted by Crippen LogP contribution is 2.25. The number of nitrogens with one attached hydrogen (secondary N) is 2. The number of hydrogen-bond acceptors (Lipinski definition) is 6. The normalized spacial score (nSPS) is 14.1. The molecule has 1 fully saturated rings. The second-order valence-electron chi connectivity index (χ2n) is 6.50. The van der Waals surface area contributed by atoms with Gasteiger partial charge < -0.3 is 24.7 Å². The molecule has 0 aliphatic carbocycles. The summed E-state index contributed by atoms with van der Waals surface area (Å²) in [6.07, 6.45) is 3.05. The van der Waals surface area contributed by atoms with Crippen LogP contribution in [0.15, 0.2) is 70.3 Å². The molecule has 0 spiro atoms. The van der Waals surface area contributed by atoms with Crippen molar-refractivity contribution in [3.8, 4) is 0 Å². The lowest BCUT2D eigenvalue weighted by Crippen LogP contribution is -2.38. The first kappa shape index (κ1) is 22.8. The minimum absolute atomic E-state index is 0.0670. The minimum Gasteiger partial charge on any atom is -0.450 e. The first-order chi connectivity index (χ1) is 15.1. The van der Waals surface area contributed by atoms with E-state index in [4.69, 9.17) is 21.4 Å². The number of amides is 2. The number of ether oxygens (including phenoxy) is 1. The Hall–Kier alpha value is -2.88. The van der Waals surface area contributed by atoms with Gasteiger partial charge >= 0.3 is 0 Å². The van der Waals surface area contributed by atoms with Crippen LogP contribution in [0.25, 0.3) is 6.08 Å². The third kappa shape index (κ3) is 6.81. The van der Waals surface area contributed by atoms with Crippen molar-refractivity contribution in [1.29, 1.82) is 0 Å². The number of nitrogens with zero attached hydrogens (tertiary/aromatic N) is 1. The number of benzene rings is 1. The Morgan fingerprint density at radius 2 is 1.90 bits per heavy atom. The topological polar surface area (TPSA) is 83.8 Å². The summed E-state index contributed by atoms with van der Waals surface area (Å²) >= 11 is 6.82. The molecule has 1 aromatic carbocycles. The number of carbonyl (C=O) groups is 2. The van der Waals surface area contributed by atoms with Gasteiger partial charge in [0.1, 0.15) is 15.8 Å². The van der Waals surface area contributed by atoms with E-state index in [2.05, 4.69) is 22.1 Å². The van der Waals surface area contributed by atoms with Crippen LogP contribution in [0.5, 0.6) is 0 Å². The minimum atomic E-state index is -0.446. The molecule has 0 saturated carbocycles. The zero-order valence-corrected chi connectivity index (χ0v) is 18.5. The average Bonchev–Trinajstić information content (AvgIpc) is 3.24. The van der Waals surface area contributed by atoms with Crippen molar-refractivity contribution in [2.75, 3.05) is 32.8 Å². The molecule has 31 heavy (non-hydrogen) atoms. The molecule has 9 heteroatoms. The van der Waals surface area contributed by atoms with Gasteiger partial charge in [-0.05, 0) is 36.0 Å². The van der Waals surface area contributed by atoms with Crippen molar-refractivity contribution in [1.82, 2.24) is 15.5 Å². The SMILES string of the molecule is C=CCNC(=O)/C(=C\c1ccc(SC(=S)N2CCOCC2)o1)NC(=O)c1ccccc1. The van der Waals surface area contributed by atoms with Gasteiger partial charge in [0.05, 0.1) is 13.2 Å². The summed E-state index contributed by atoms with van der Waals surface area (Å²) in [4.78, 5) is 27.1. The van der Waals surface area contributed by atoms with Crippen LogP contribution in [0, 0.1) is 0 Å². The van der Waals surface area contributed by atoms with E-state index in [1.807, 2.05) is 6.07 Å². The molecule has 0 atom stereocenters. The maximum absolute atomic E-state index is 12.5. The van der Waals surface area contributed by atoms with Crippen molar-refractivity contribution in [3.05, 3.63) is 72.1 Å². The van der Waals surface area contributed by atoms with Gasteiger partial charge in [0.15, 0.2) is 5.09 Å². The maximum Gasteiger partial charge on any atom is 0.268 e. The average molecular weight is 458 g/mol. The largest absolute Gasteiger partial charge is 0.450 e. The second-order valence-corrected chi connectivity index (χ2v) is 8.14. The number of hydrogen-bond donors (Lipinski definition) is 2. The Balaban J connectivity index is 1.73. The third-order valence-corrected chi connectivity index (χ3v) is 5.64. The van der Waals surface area contributed by atoms with E-state index < -0.39 is 11.8 Å². The molecule has 2 amide bonds. The molecule has 1 aliphatic heterocycles. The molecule has 2 heterocycles. The summed E-state index contributed by atoms with van der Waals surface area (Å²) in [5.74, 6) is -0.418. The Morgan fingerprint density at radius 3 is 2.61 bits per heavy atom. The van der Waals surface area contributed by atoms with Gasteiger partial charge in [-0.15, -0.1) is 6.58 Å². The van der Waals surface area contributed by atoms with Crippen LogP contribution in [-0.2, 0) is 9.53 Å². The summed E-state index contributed by atoms with van der Waals surface area (Å²) in [6.45, 7) is 6.65. The van der Waals surface area contributed by atoms with Gasteiger partial charge in [0.25, 0.3) is 11.8 Å². The summed E-state index contributed by atoms with van der Waals surface area (Å²) in [7, 11) is 0. The third-order valence-electron chi connectivity index (χ3n) is 4.28. The number of thiocarbonyl (C=S) groups is 1. The Labute approximate surface area is 190 Å². The molecule has 162 valence electrons. The van der Waals surface area contributed by atoms with Gasteiger partial charge in [-0.25, -0.2) is 0 Å². The second kappa shape index (κ2) is 11.5. The summed E-state index contributed by atoms with van der Waals surface area (Å²) in [5, 5.41) is 5.92. The van der Waals surface area contributed by atoms with E-state index in [0.29, 0.717) is 34.0 Å². The highest BCUT2D eigenvalue weighted by atomic mass is 32.2. The van der Waals surface area contributed by atoms with E-state index in [1.165, 1.54) is 17.8 Å². The molecular weight excluding hydrogens is 434 g/mol. The lowest BCUT2D eigenvalue weighted by Gasteiger charge is -2.28. The van der Waals surface area contributed by atoms with E-state index in [-0.39, 0.29) is 12.2 Å². The monoisotopic (exact) mass is 457 g/mol. The van der Waals surface area contributed by atoms with E-state index >= 15 is 0 Å². The fraction of sp³-hybridized carbons (Fsp3) is 0.227. The number of rotatable bonds is 7. The Morgan fingerprint density at radius 1 is 1.16 bits per heavy atom. The first-order valence-electron chi connectivity index (χ1n) is 9.68. The van der Waals surface area contributed by atoms with Crippen molar-refractivity contribution in [3.63, 3.8) is 0 Å². The molecule has 0 unspecified atom stereocenters. The molecule has 1 saturated heterocycles. The highest BCUT2D eigenvalue weighted by Gasteiger charge is 2.18. The van der Waals surface area contributed by atoms with Gasteiger partial charge in [-0.3, -0.25) is 9.59 Å². The van der Waals surface area contributed by atoms with Crippen LogP contribution in [0.1, 0.15) is 16.1 Å². The predicted molar refractivity (Wildman–Crippen MR) is 125 cm³/mol. The molecule has 2 aromatic rings. The fourth-order valence-corrected chi connectivity index (χ4v) is 3.89. The number of thioether (sulfide) groups is 1. The number of carbonyl (C=O) groups excluding carboxylic acids is 2. The van der Waals surface area contributed by atoms with E-state index in [9.17, 15) is 9.59 Å². The van der Waals surface area contributed by atoms with Crippen LogP contribution in [0.3, 0.4) is 0 Å². The van der Waals surface area contributed by atoms with Crippen molar-refractivity contribution < 1.29 is 18.7 Å². The predicted octanol–water partition coefficient (Wildman–Crippen LogP) is 3.06. The van der Waals surface area contributed by atoms with Crippen LogP contribution < -0.4 is 10.6 Å². The van der Waals surface area contributed by atoms with Crippen LogP contribution in [0.2, 0.25) is 0 Å². The number of morpholine rings is 1. The highest BCUT2D eigenvalue weighted by molar-refractivity contribution is 8.22. The van der Waals surface area contributed by atoms with Crippen LogP contribution >= 0.6 is 24.0 Å². The molecule has 3 rings (SSSR count). The zero-order chi connectivity index (χ0) is 22.1. The molecule has 1 aromatic heterocycles. The number of furan rings is 1. The quantitative estimate of drug-likeness (QED) is 0.286. The molecule has 0 radical (unpaired) electrons. The first-order valence-corrected chi connectivity index (χ1v) is 10.9. The van der Waals surface area contributed by atoms with Crippen molar-refractivity contribution in [2.45, 2.75) is 5.09 Å². The zero-order valence-electron chi connectivity index (χ0n) is 16.8. The van der Waals surface area contributed by atoms with E-state index in [0.717, 1.165) is 13.1 Å². The molecule has 2 N–H and O–H groups in total. The summed E-state index contributed by atoms with van der Waals surface area (Å²) < 4.78 is 11.9. The molecular formula is C22H23N3O4S2. The van der Waals surface area contributed by atoms with Crippen molar-refractivity contribution >= 4 is 46.2 Å². The van der Waals surface area contributed by atoms with E-state index in [1.54, 1.807) is 42.5 Å². The van der Waals surface area contributed by atoms with Crippen molar-refractivity contribution in [2.24, 2.45) is 0 Å². The van der Waals surface area contributed by atoms with Crippen LogP contribution in [0.4, 0.5) is 0 Å². The molecule has 0 bridgehead atoms. The fourth-order valence-electron chi connectivity index (χ4n) is 2.71. The maximum atomic E-state index is 12.5. The van der Waals surface area contributed by atoms with Gasteiger partial charge in [0, 0.05) is 31.3 Å². The smallest absolute Gasteiger partial charge is 0.268 e. The molecule has 1 aliphatic rings. The summed E-state index contributed by atoms with van der Waals surface area (Å²) in [6, 6.07) is 12.2. The lowest BCUT2D eigenvalue weighted by molar-refractivity contribution is -0.117. The summed E-state index contributed by atoms with van der Waals surface area (Å²) in [5.41, 5.74) is 0.508. The van der Waals surface area contributed by atoms with Gasteiger partial charge in [-0.2, -0.15) is 0 Å². The molecule has 7 nitrogen and oxygen atoms in total. The Kier molecular flexibility index (Phi) is 8.45. The lowest BCUT2D eigenvalue weighted by atomic mass is 10.2. The van der Waals surface area contributed by atoms with Gasteiger partial charge in [-0.1, -0.05) is 36.5 Å². The van der Waals surface area contributed by atoms with Gasteiger partial charge in [0.2, 0.25) is 0 Å². The van der Waals surface area contributed by atoms with Crippen LogP contribution in [-0.4, -0.2) is 53.9 Å².